The van der Waals surface area contributed by atoms with Gasteiger partial charge in [-0.1, -0.05) is 13.8 Å². The van der Waals surface area contributed by atoms with Crippen molar-refractivity contribution in [3.63, 3.8) is 0 Å². The molecular formula is C28H45N3O4. The van der Waals surface area contributed by atoms with Gasteiger partial charge in [0, 0.05) is 51.9 Å². The van der Waals surface area contributed by atoms with Crippen molar-refractivity contribution in [2.45, 2.75) is 45.6 Å². The molecule has 3 heterocycles. The van der Waals surface area contributed by atoms with E-state index in [0.29, 0.717) is 36.8 Å². The summed E-state index contributed by atoms with van der Waals surface area (Å²) in [6.45, 7) is 12.3. The molecule has 0 saturated carbocycles. The fourth-order valence-electron chi connectivity index (χ4n) is 6.17. The largest absolute Gasteiger partial charge is 0.493 e. The molecule has 196 valence electrons. The summed E-state index contributed by atoms with van der Waals surface area (Å²) in [7, 11) is 5.56. The molecule has 0 radical (unpaired) electrons. The minimum Gasteiger partial charge on any atom is -0.493 e. The van der Waals surface area contributed by atoms with Crippen molar-refractivity contribution in [3.8, 4) is 11.5 Å². The van der Waals surface area contributed by atoms with Gasteiger partial charge in [0.05, 0.1) is 27.2 Å². The van der Waals surface area contributed by atoms with Crippen LogP contribution >= 0.6 is 0 Å². The number of carbonyl (C=O) groups is 1. The van der Waals surface area contributed by atoms with Gasteiger partial charge in [-0.15, -0.1) is 0 Å². The Balaban J connectivity index is 1.40. The molecule has 0 bridgehead atoms. The molecule has 35 heavy (non-hydrogen) atoms. The molecule has 7 nitrogen and oxygen atoms in total. The van der Waals surface area contributed by atoms with E-state index in [2.05, 4.69) is 47.7 Å². The van der Waals surface area contributed by atoms with Crippen LogP contribution in [-0.2, 0) is 16.0 Å². The molecule has 2 fully saturated rings. The van der Waals surface area contributed by atoms with Gasteiger partial charge in [0.15, 0.2) is 11.5 Å². The second-order valence-electron chi connectivity index (χ2n) is 11.1. The fraction of sp³-hybridized carbons (Fsp3) is 0.750. The number of esters is 1. The van der Waals surface area contributed by atoms with Crippen LogP contribution in [0.25, 0.3) is 0 Å². The summed E-state index contributed by atoms with van der Waals surface area (Å²) in [6, 6.07) is 4.67. The van der Waals surface area contributed by atoms with Gasteiger partial charge in [0.25, 0.3) is 0 Å². The zero-order chi connectivity index (χ0) is 24.9. The SMILES string of the molecule is COc1cc2c(cc1OC)C1C[C@@H](COC(=O)CCN3CCN(C)CC3)[C@H](CC(C)C)CN1CC2. The van der Waals surface area contributed by atoms with Crippen molar-refractivity contribution >= 4 is 5.97 Å². The fourth-order valence-corrected chi connectivity index (χ4v) is 6.17. The number of rotatable bonds is 9. The Labute approximate surface area is 211 Å². The summed E-state index contributed by atoms with van der Waals surface area (Å²) in [4.78, 5) is 20.0. The molecule has 1 aromatic carbocycles. The minimum absolute atomic E-state index is 0.0508. The lowest BCUT2D eigenvalue weighted by Gasteiger charge is -2.47. The second kappa shape index (κ2) is 11.9. The number of nitrogens with zero attached hydrogens (tertiary/aromatic N) is 3. The van der Waals surface area contributed by atoms with Gasteiger partial charge in [-0.25, -0.2) is 0 Å². The van der Waals surface area contributed by atoms with E-state index in [0.717, 1.165) is 70.2 Å². The predicted molar refractivity (Wildman–Crippen MR) is 138 cm³/mol. The molecular weight excluding hydrogens is 442 g/mol. The molecule has 2 saturated heterocycles. The molecule has 0 N–H and O–H groups in total. The minimum atomic E-state index is -0.0508. The number of fused-ring (bicyclic) bond motifs is 3. The summed E-state index contributed by atoms with van der Waals surface area (Å²) in [5, 5.41) is 0. The third-order valence-corrected chi connectivity index (χ3v) is 8.24. The summed E-state index contributed by atoms with van der Waals surface area (Å²) >= 11 is 0. The molecule has 1 aromatic rings. The first kappa shape index (κ1) is 26.2. The van der Waals surface area contributed by atoms with E-state index in [9.17, 15) is 4.79 Å². The van der Waals surface area contributed by atoms with Crippen LogP contribution in [0.5, 0.6) is 11.5 Å². The van der Waals surface area contributed by atoms with Crippen molar-refractivity contribution in [3.05, 3.63) is 23.3 Å². The topological polar surface area (TPSA) is 54.5 Å². The molecule has 3 atom stereocenters. The molecule has 1 unspecified atom stereocenters. The quantitative estimate of drug-likeness (QED) is 0.495. The third-order valence-electron chi connectivity index (χ3n) is 8.24. The first-order valence-electron chi connectivity index (χ1n) is 13.4. The van der Waals surface area contributed by atoms with E-state index < -0.39 is 0 Å². The second-order valence-corrected chi connectivity index (χ2v) is 11.1. The molecule has 0 aromatic heterocycles. The highest BCUT2D eigenvalue weighted by atomic mass is 16.5. The Hall–Kier alpha value is -1.83. The van der Waals surface area contributed by atoms with Crippen molar-refractivity contribution in [1.82, 2.24) is 14.7 Å². The first-order valence-corrected chi connectivity index (χ1v) is 13.4. The van der Waals surface area contributed by atoms with Crippen molar-refractivity contribution in [2.75, 3.05) is 73.7 Å². The number of piperidine rings is 1. The average Bonchev–Trinajstić information content (AvgIpc) is 2.85. The van der Waals surface area contributed by atoms with Gasteiger partial charge in [-0.05, 0) is 67.3 Å². The normalized spacial score (nSPS) is 25.7. The van der Waals surface area contributed by atoms with Crippen LogP contribution in [0.15, 0.2) is 12.1 Å². The van der Waals surface area contributed by atoms with Crippen LogP contribution in [0.4, 0.5) is 0 Å². The van der Waals surface area contributed by atoms with Crippen molar-refractivity contribution in [2.24, 2.45) is 17.8 Å². The zero-order valence-electron chi connectivity index (χ0n) is 22.4. The van der Waals surface area contributed by atoms with E-state index in [1.54, 1.807) is 14.2 Å². The molecule has 3 aliphatic heterocycles. The Bertz CT molecular complexity index is 853. The first-order chi connectivity index (χ1) is 16.9. The Morgan fingerprint density at radius 3 is 2.43 bits per heavy atom. The van der Waals surface area contributed by atoms with Crippen LogP contribution in [0.2, 0.25) is 0 Å². The van der Waals surface area contributed by atoms with Gasteiger partial charge in [0.2, 0.25) is 0 Å². The van der Waals surface area contributed by atoms with Crippen LogP contribution in [0.1, 0.15) is 50.3 Å². The lowest BCUT2D eigenvalue weighted by atomic mass is 9.74. The lowest BCUT2D eigenvalue weighted by Crippen LogP contribution is -2.47. The summed E-state index contributed by atoms with van der Waals surface area (Å²) in [6.07, 6.45) is 3.71. The number of ether oxygens (including phenoxy) is 3. The van der Waals surface area contributed by atoms with Gasteiger partial charge in [-0.3, -0.25) is 9.69 Å². The zero-order valence-corrected chi connectivity index (χ0v) is 22.4. The van der Waals surface area contributed by atoms with E-state index >= 15 is 0 Å². The standard InChI is InChI=1S/C28H45N3O4/c1-20(2)14-22-18-31-9-6-21-16-26(33-4)27(34-5)17-24(21)25(31)15-23(22)19-35-28(32)7-8-30-12-10-29(3)11-13-30/h16-17,20,22-23,25H,6-15,18-19H2,1-5H3/t22-,23+,25?/m1/s1. The number of carbonyl (C=O) groups excluding carboxylic acids is 1. The maximum Gasteiger partial charge on any atom is 0.307 e. The van der Waals surface area contributed by atoms with Crippen LogP contribution in [0, 0.1) is 17.8 Å². The Kier molecular flexibility index (Phi) is 8.95. The van der Waals surface area contributed by atoms with E-state index in [-0.39, 0.29) is 5.97 Å². The van der Waals surface area contributed by atoms with Gasteiger partial charge in [0.1, 0.15) is 0 Å². The highest BCUT2D eigenvalue weighted by Crippen LogP contribution is 2.45. The predicted octanol–water partition coefficient (Wildman–Crippen LogP) is 3.47. The third kappa shape index (κ3) is 6.49. The average molecular weight is 488 g/mol. The number of methoxy groups -OCH3 is 2. The summed E-state index contributed by atoms with van der Waals surface area (Å²) < 4.78 is 17.1. The Morgan fingerprint density at radius 1 is 1.03 bits per heavy atom. The smallest absolute Gasteiger partial charge is 0.307 e. The van der Waals surface area contributed by atoms with Crippen LogP contribution in [-0.4, -0.2) is 94.4 Å². The van der Waals surface area contributed by atoms with E-state index in [4.69, 9.17) is 14.2 Å². The Morgan fingerprint density at radius 2 is 1.74 bits per heavy atom. The number of piperazine rings is 1. The van der Waals surface area contributed by atoms with Gasteiger partial charge >= 0.3 is 5.97 Å². The van der Waals surface area contributed by atoms with Gasteiger partial charge < -0.3 is 24.0 Å². The summed E-state index contributed by atoms with van der Waals surface area (Å²) in [5.41, 5.74) is 2.71. The number of hydrogen-bond acceptors (Lipinski definition) is 7. The molecule has 4 rings (SSSR count). The number of benzene rings is 1. The molecule has 3 aliphatic rings. The van der Waals surface area contributed by atoms with Crippen LogP contribution in [0.3, 0.4) is 0 Å². The van der Waals surface area contributed by atoms with Gasteiger partial charge in [-0.2, -0.15) is 0 Å². The van der Waals surface area contributed by atoms with Crippen molar-refractivity contribution in [1.29, 1.82) is 0 Å². The van der Waals surface area contributed by atoms with E-state index in [1.165, 1.54) is 17.5 Å². The summed E-state index contributed by atoms with van der Waals surface area (Å²) in [5.74, 6) is 3.12. The molecule has 0 spiro atoms. The highest BCUT2D eigenvalue weighted by molar-refractivity contribution is 5.69. The lowest BCUT2D eigenvalue weighted by molar-refractivity contribution is -0.147. The maximum absolute atomic E-state index is 12.7. The van der Waals surface area contributed by atoms with Crippen LogP contribution < -0.4 is 9.47 Å². The maximum atomic E-state index is 12.7. The monoisotopic (exact) mass is 487 g/mol. The molecule has 0 aliphatic carbocycles. The number of likely N-dealkylation sites (N-methyl/N-ethyl adjacent to an activating group) is 1. The van der Waals surface area contributed by atoms with E-state index in [1.807, 2.05) is 0 Å². The highest BCUT2D eigenvalue weighted by Gasteiger charge is 2.40. The molecule has 7 heteroatoms. The number of hydrogen-bond donors (Lipinski definition) is 0. The molecule has 0 amide bonds. The van der Waals surface area contributed by atoms with Crippen molar-refractivity contribution < 1.29 is 19.0 Å².